The third-order valence-electron chi connectivity index (χ3n) is 6.27. The zero-order chi connectivity index (χ0) is 25.4. The number of ether oxygens (including phenoxy) is 1. The van der Waals surface area contributed by atoms with Crippen molar-refractivity contribution in [3.05, 3.63) is 53.0 Å². The average molecular weight is 518 g/mol. The van der Waals surface area contributed by atoms with Crippen molar-refractivity contribution in [2.45, 2.75) is 44.7 Å². The Hall–Kier alpha value is -3.60. The van der Waals surface area contributed by atoms with Crippen LogP contribution >= 0.6 is 11.6 Å². The molecule has 0 bridgehead atoms. The highest BCUT2D eigenvalue weighted by molar-refractivity contribution is 6.28. The summed E-state index contributed by atoms with van der Waals surface area (Å²) in [5.74, 6) is -0.849. The van der Waals surface area contributed by atoms with Crippen molar-refractivity contribution in [1.29, 1.82) is 0 Å². The van der Waals surface area contributed by atoms with Crippen LogP contribution in [-0.2, 0) is 0 Å². The number of hydrogen-bond donors (Lipinski definition) is 3. The Bertz CT molecular complexity index is 1430. The van der Waals surface area contributed by atoms with Gasteiger partial charge in [-0.25, -0.2) is 28.1 Å². The zero-order valence-electron chi connectivity index (χ0n) is 19.5. The van der Waals surface area contributed by atoms with Crippen molar-refractivity contribution in [3.63, 3.8) is 0 Å². The zero-order valence-corrected chi connectivity index (χ0v) is 20.3. The van der Waals surface area contributed by atoms with Gasteiger partial charge in [-0.1, -0.05) is 0 Å². The Labute approximate surface area is 209 Å². The third kappa shape index (κ3) is 4.75. The van der Waals surface area contributed by atoms with Crippen LogP contribution in [0.2, 0.25) is 5.28 Å². The highest BCUT2D eigenvalue weighted by atomic mass is 35.5. The van der Waals surface area contributed by atoms with Crippen molar-refractivity contribution in [1.82, 2.24) is 24.9 Å². The molecule has 1 aromatic carbocycles. The Morgan fingerprint density at radius 2 is 1.81 bits per heavy atom. The van der Waals surface area contributed by atoms with Gasteiger partial charge in [0, 0.05) is 35.3 Å². The summed E-state index contributed by atoms with van der Waals surface area (Å²) in [7, 11) is 1.53. The van der Waals surface area contributed by atoms with Crippen molar-refractivity contribution in [2.24, 2.45) is 0 Å². The lowest BCUT2D eigenvalue weighted by Crippen LogP contribution is -2.35. The first-order valence-electron chi connectivity index (χ1n) is 11.4. The van der Waals surface area contributed by atoms with E-state index in [0.717, 1.165) is 25.3 Å². The highest BCUT2D eigenvalue weighted by Gasteiger charge is 2.26. The summed E-state index contributed by atoms with van der Waals surface area (Å²) >= 11 is 5.94. The van der Waals surface area contributed by atoms with E-state index in [1.165, 1.54) is 32.5 Å². The van der Waals surface area contributed by atoms with E-state index >= 15 is 4.39 Å². The number of anilines is 2. The van der Waals surface area contributed by atoms with Gasteiger partial charge in [0.2, 0.25) is 5.28 Å². The molecule has 36 heavy (non-hydrogen) atoms. The molecule has 3 aromatic heterocycles. The number of nitrogens with one attached hydrogen (secondary N) is 3. The van der Waals surface area contributed by atoms with E-state index in [1.54, 1.807) is 0 Å². The smallest absolute Gasteiger partial charge is 0.224 e. The number of aryl methyl sites for hydroxylation is 1. The van der Waals surface area contributed by atoms with Crippen LogP contribution in [-0.4, -0.2) is 44.1 Å². The van der Waals surface area contributed by atoms with Gasteiger partial charge >= 0.3 is 0 Å². The normalized spacial score (nSPS) is 17.8. The molecule has 3 heterocycles. The number of hydrogen-bond acceptors (Lipinski definition) is 7. The maximum Gasteiger partial charge on any atom is 0.224 e. The van der Waals surface area contributed by atoms with Crippen molar-refractivity contribution in [3.8, 4) is 17.1 Å². The number of H-pyrrole nitrogens is 1. The van der Waals surface area contributed by atoms with Crippen molar-refractivity contribution < 1.29 is 17.9 Å². The molecule has 1 fully saturated rings. The minimum absolute atomic E-state index is 0.0288. The number of rotatable bonds is 6. The van der Waals surface area contributed by atoms with Crippen molar-refractivity contribution >= 4 is 34.1 Å². The second-order valence-electron chi connectivity index (χ2n) is 8.71. The van der Waals surface area contributed by atoms with E-state index < -0.39 is 17.5 Å². The average Bonchev–Trinajstić information content (AvgIpc) is 3.26. The summed E-state index contributed by atoms with van der Waals surface area (Å²) < 4.78 is 48.4. The second kappa shape index (κ2) is 9.81. The maximum absolute atomic E-state index is 15.0. The van der Waals surface area contributed by atoms with Gasteiger partial charge in [0.05, 0.1) is 24.5 Å². The fourth-order valence-electron chi connectivity index (χ4n) is 4.56. The number of fused-ring (bicyclic) bond motifs is 1. The summed E-state index contributed by atoms with van der Waals surface area (Å²) in [5, 5.41) is 6.93. The lowest BCUT2D eigenvalue weighted by atomic mass is 9.91. The topological polar surface area (TPSA) is 101 Å². The number of benzene rings is 1. The van der Waals surface area contributed by atoms with E-state index in [-0.39, 0.29) is 45.6 Å². The first kappa shape index (κ1) is 24.1. The van der Waals surface area contributed by atoms with Crippen LogP contribution in [0.25, 0.3) is 22.3 Å². The number of aromatic amines is 1. The molecule has 1 aliphatic carbocycles. The van der Waals surface area contributed by atoms with E-state index in [2.05, 4.69) is 35.6 Å². The summed E-state index contributed by atoms with van der Waals surface area (Å²) in [6, 6.07) is 1.94. The molecule has 2 atom stereocenters. The van der Waals surface area contributed by atoms with Crippen LogP contribution in [0.1, 0.15) is 31.4 Å². The molecule has 5 rings (SSSR count). The molecule has 0 aliphatic heterocycles. The van der Waals surface area contributed by atoms with Gasteiger partial charge in [0.15, 0.2) is 29.0 Å². The highest BCUT2D eigenvalue weighted by Crippen LogP contribution is 2.32. The Balaban J connectivity index is 1.39. The summed E-state index contributed by atoms with van der Waals surface area (Å²) in [4.78, 5) is 19.5. The Morgan fingerprint density at radius 1 is 1.06 bits per heavy atom. The van der Waals surface area contributed by atoms with Crippen LogP contribution in [0.5, 0.6) is 5.75 Å². The van der Waals surface area contributed by atoms with Gasteiger partial charge in [0.25, 0.3) is 0 Å². The molecule has 12 heteroatoms. The first-order valence-corrected chi connectivity index (χ1v) is 11.8. The van der Waals surface area contributed by atoms with E-state index in [0.29, 0.717) is 23.6 Å². The molecule has 1 saturated carbocycles. The van der Waals surface area contributed by atoms with Gasteiger partial charge in [-0.05, 0) is 50.3 Å². The van der Waals surface area contributed by atoms with E-state index in [1.807, 2.05) is 0 Å². The number of aromatic nitrogens is 5. The van der Waals surface area contributed by atoms with Crippen molar-refractivity contribution in [2.75, 3.05) is 17.7 Å². The predicted molar refractivity (Wildman–Crippen MR) is 131 cm³/mol. The molecule has 188 valence electrons. The minimum atomic E-state index is -0.726. The standard InChI is InChI=1S/C24H23ClF3N7O/c1-11-19(28)23(34-21(31-11)16-9-29-20-15(16)6-12(26)7-17(20)27)33-14-5-3-4-13(8-14)32-22-18(36-2)10-30-24(25)35-22/h6-7,9-10,13-14,29H,3-5,8H2,1-2H3,(H,30,32,35)(H,31,33,34)/t13-,14+/m1/s1. The third-order valence-corrected chi connectivity index (χ3v) is 6.45. The fraction of sp³-hybridized carbons (Fsp3) is 0.333. The predicted octanol–water partition coefficient (Wildman–Crippen LogP) is 5.64. The molecule has 1 aliphatic rings. The second-order valence-corrected chi connectivity index (χ2v) is 9.05. The molecular weight excluding hydrogens is 495 g/mol. The molecule has 0 spiro atoms. The minimum Gasteiger partial charge on any atom is -0.491 e. The first-order chi connectivity index (χ1) is 17.3. The molecular formula is C24H23ClF3N7O. The summed E-state index contributed by atoms with van der Waals surface area (Å²) in [6.45, 7) is 1.53. The lowest BCUT2D eigenvalue weighted by molar-refractivity contribution is 0.404. The van der Waals surface area contributed by atoms with E-state index in [4.69, 9.17) is 16.3 Å². The number of halogens is 4. The van der Waals surface area contributed by atoms with Crippen LogP contribution < -0.4 is 15.4 Å². The monoisotopic (exact) mass is 517 g/mol. The van der Waals surface area contributed by atoms with Gasteiger partial charge in [0.1, 0.15) is 11.6 Å². The van der Waals surface area contributed by atoms with Gasteiger partial charge < -0.3 is 20.4 Å². The number of nitrogens with zero attached hydrogens (tertiary/aromatic N) is 4. The lowest BCUT2D eigenvalue weighted by Gasteiger charge is -2.31. The van der Waals surface area contributed by atoms with Crippen LogP contribution in [0.4, 0.5) is 24.8 Å². The molecule has 4 aromatic rings. The quantitative estimate of drug-likeness (QED) is 0.285. The van der Waals surface area contributed by atoms with Gasteiger partial charge in [-0.2, -0.15) is 4.98 Å². The van der Waals surface area contributed by atoms with E-state index in [9.17, 15) is 8.78 Å². The molecule has 3 N–H and O–H groups in total. The maximum atomic E-state index is 15.0. The number of methoxy groups -OCH3 is 1. The summed E-state index contributed by atoms with van der Waals surface area (Å²) in [5.41, 5.74) is 0.637. The Kier molecular flexibility index (Phi) is 6.57. The molecule has 0 amide bonds. The molecule has 0 saturated heterocycles. The molecule has 8 nitrogen and oxygen atoms in total. The largest absolute Gasteiger partial charge is 0.491 e. The molecule has 0 unspecified atom stereocenters. The Morgan fingerprint density at radius 3 is 2.56 bits per heavy atom. The van der Waals surface area contributed by atoms with Gasteiger partial charge in [-0.15, -0.1) is 0 Å². The fourth-order valence-corrected chi connectivity index (χ4v) is 4.69. The van der Waals surface area contributed by atoms with Crippen LogP contribution in [0.3, 0.4) is 0 Å². The van der Waals surface area contributed by atoms with Crippen LogP contribution in [0.15, 0.2) is 24.5 Å². The molecule has 0 radical (unpaired) electrons. The summed E-state index contributed by atoms with van der Waals surface area (Å²) in [6.07, 6.45) is 6.22. The van der Waals surface area contributed by atoms with Crippen LogP contribution in [0, 0.1) is 24.4 Å². The SMILES string of the molecule is COc1cnc(Cl)nc1N[C@@H]1CCC[C@H](Nc2nc(-c3c[nH]c4c(F)cc(F)cc34)nc(C)c2F)C1. The van der Waals surface area contributed by atoms with Gasteiger partial charge in [-0.3, -0.25) is 0 Å².